The van der Waals surface area contributed by atoms with Crippen LogP contribution in [0.15, 0.2) is 0 Å². The maximum absolute atomic E-state index is 9.93. The van der Waals surface area contributed by atoms with Gasteiger partial charge in [-0.2, -0.15) is 0 Å². The number of hydrogen-bond acceptors (Lipinski definition) is 14. The van der Waals surface area contributed by atoms with Crippen LogP contribution in [0.3, 0.4) is 0 Å². The summed E-state index contributed by atoms with van der Waals surface area (Å²) in [6.45, 7) is -2.13. The molecular formula is C17H38N2O12. The minimum atomic E-state index is -1.94. The molecule has 0 radical (unpaired) electrons. The number of aliphatic hydroxyl groups excluding tert-OH is 11. The lowest BCUT2D eigenvalue weighted by atomic mass is 9.76. The maximum atomic E-state index is 9.93. The Bertz CT molecular complexity index is 474. The Morgan fingerprint density at radius 1 is 0.839 bits per heavy atom. The van der Waals surface area contributed by atoms with Gasteiger partial charge in [0, 0.05) is 12.6 Å². The normalized spacial score (nSPS) is 32.7. The summed E-state index contributed by atoms with van der Waals surface area (Å²) >= 11 is 0. The largest absolute Gasteiger partial charge is 0.395 e. The first kappa shape index (κ1) is 30.4. The molecule has 0 spiro atoms. The van der Waals surface area contributed by atoms with Crippen molar-refractivity contribution in [1.29, 1.82) is 0 Å². The van der Waals surface area contributed by atoms with Crippen LogP contribution >= 0.6 is 0 Å². The summed E-state index contributed by atoms with van der Waals surface area (Å²) in [6.07, 6.45) is -10.6. The van der Waals surface area contributed by atoms with E-state index >= 15 is 0 Å². The van der Waals surface area contributed by atoms with Crippen molar-refractivity contribution in [2.75, 3.05) is 40.0 Å². The molecule has 0 saturated heterocycles. The van der Waals surface area contributed by atoms with Crippen molar-refractivity contribution in [3.05, 3.63) is 0 Å². The minimum Gasteiger partial charge on any atom is -0.395 e. The van der Waals surface area contributed by atoms with Gasteiger partial charge in [-0.3, -0.25) is 0 Å². The van der Waals surface area contributed by atoms with E-state index in [0.717, 1.165) is 0 Å². The molecule has 0 unspecified atom stereocenters. The van der Waals surface area contributed by atoms with Crippen molar-refractivity contribution in [1.82, 2.24) is 10.6 Å². The molecular weight excluding hydrogens is 424 g/mol. The minimum absolute atomic E-state index is 0.0936. The molecule has 0 heterocycles. The Morgan fingerprint density at radius 3 is 1.77 bits per heavy atom. The molecule has 0 aromatic carbocycles. The molecule has 9 atom stereocenters. The van der Waals surface area contributed by atoms with Gasteiger partial charge >= 0.3 is 0 Å². The van der Waals surface area contributed by atoms with E-state index in [1.54, 1.807) is 7.05 Å². The summed E-state index contributed by atoms with van der Waals surface area (Å²) in [4.78, 5) is 0. The van der Waals surface area contributed by atoms with Crippen LogP contribution in [0.1, 0.15) is 6.42 Å². The van der Waals surface area contributed by atoms with E-state index in [-0.39, 0.29) is 13.0 Å². The Labute approximate surface area is 179 Å². The van der Waals surface area contributed by atoms with E-state index in [2.05, 4.69) is 10.6 Å². The maximum Gasteiger partial charge on any atom is 0.118 e. The quantitative estimate of drug-likeness (QED) is 0.136. The van der Waals surface area contributed by atoms with E-state index < -0.39 is 86.8 Å². The third-order valence-electron chi connectivity index (χ3n) is 5.11. The number of rotatable bonds is 11. The SMILES string of the molecule is CNC[C@H](O)[C@@H](O)[C@H](O)[C@H](O)CO.OCC(CO)N[C@H]1C[C@](O)(CO)[C@@H](O)[C@H](O)[C@H]1O. The van der Waals surface area contributed by atoms with Crippen LogP contribution in [0, 0.1) is 0 Å². The molecule has 0 aromatic rings. The lowest BCUT2D eigenvalue weighted by Crippen LogP contribution is -2.68. The van der Waals surface area contributed by atoms with Crippen molar-refractivity contribution in [2.45, 2.75) is 66.8 Å². The summed E-state index contributed by atoms with van der Waals surface area (Å²) in [5.41, 5.74) is -1.94. The fraction of sp³-hybridized carbons (Fsp3) is 1.00. The van der Waals surface area contributed by atoms with Crippen molar-refractivity contribution in [3.63, 3.8) is 0 Å². The van der Waals surface area contributed by atoms with Gasteiger partial charge in [-0.15, -0.1) is 0 Å². The molecule has 0 aromatic heterocycles. The molecule has 1 fully saturated rings. The first-order chi connectivity index (χ1) is 14.4. The van der Waals surface area contributed by atoms with Gasteiger partial charge in [0.1, 0.15) is 36.1 Å². The molecule has 0 amide bonds. The van der Waals surface area contributed by atoms with Crippen LogP contribution in [0.5, 0.6) is 0 Å². The molecule has 1 aliphatic carbocycles. The van der Waals surface area contributed by atoms with E-state index in [4.69, 9.17) is 35.7 Å². The number of likely N-dealkylation sites (N-methyl/N-ethyl adjacent to an activating group) is 1. The van der Waals surface area contributed by atoms with Gasteiger partial charge in [0.2, 0.25) is 0 Å². The zero-order valence-corrected chi connectivity index (χ0v) is 17.3. The van der Waals surface area contributed by atoms with Crippen LogP contribution in [-0.2, 0) is 0 Å². The van der Waals surface area contributed by atoms with Gasteiger partial charge in [0.05, 0.1) is 44.7 Å². The third kappa shape index (κ3) is 8.71. The molecule has 1 aliphatic rings. The van der Waals surface area contributed by atoms with Crippen molar-refractivity contribution in [3.8, 4) is 0 Å². The van der Waals surface area contributed by atoms with Crippen LogP contribution in [-0.4, -0.2) is 162 Å². The van der Waals surface area contributed by atoms with Gasteiger partial charge in [0.15, 0.2) is 0 Å². The second-order valence-corrected chi connectivity index (χ2v) is 7.58. The standard InChI is InChI=1S/C10H21NO7.C7H17NO5/c12-2-5(3-13)11-6-1-10(18,4-14)9(17)8(16)7(6)15;1-8-2-4(10)6(12)7(13)5(11)3-9/h5-9,11-18H,1-4H2;4-13H,2-3H2,1H3/t6-,7-,8+,9-,10-;4-,5+,6+,7+/m00/s1. The second kappa shape index (κ2) is 14.6. The van der Waals surface area contributed by atoms with Crippen LogP contribution in [0.4, 0.5) is 0 Å². The van der Waals surface area contributed by atoms with Crippen molar-refractivity contribution in [2.24, 2.45) is 0 Å². The summed E-state index contributed by atoms with van der Waals surface area (Å²) in [5.74, 6) is 0. The Hall–Kier alpha value is -0.560. The summed E-state index contributed by atoms with van der Waals surface area (Å²) in [7, 11) is 1.57. The van der Waals surface area contributed by atoms with Crippen LogP contribution < -0.4 is 10.6 Å². The highest BCUT2D eigenvalue weighted by Gasteiger charge is 2.51. The van der Waals surface area contributed by atoms with E-state index in [1.807, 2.05) is 0 Å². The summed E-state index contributed by atoms with van der Waals surface area (Å²) < 4.78 is 0. The number of hydrogen-bond donors (Lipinski definition) is 14. The lowest BCUT2D eigenvalue weighted by molar-refractivity contribution is -0.207. The molecule has 14 N–H and O–H groups in total. The fourth-order valence-corrected chi connectivity index (χ4v) is 3.04. The smallest absolute Gasteiger partial charge is 0.118 e. The molecule has 31 heavy (non-hydrogen) atoms. The van der Waals surface area contributed by atoms with Gasteiger partial charge in [-0.1, -0.05) is 0 Å². The first-order valence-electron chi connectivity index (χ1n) is 9.76. The van der Waals surface area contributed by atoms with Gasteiger partial charge in [0.25, 0.3) is 0 Å². The molecule has 188 valence electrons. The van der Waals surface area contributed by atoms with E-state index in [1.165, 1.54) is 0 Å². The zero-order chi connectivity index (χ0) is 24.4. The van der Waals surface area contributed by atoms with E-state index in [9.17, 15) is 25.5 Å². The molecule has 0 bridgehead atoms. The Kier molecular flexibility index (Phi) is 14.3. The zero-order valence-electron chi connectivity index (χ0n) is 17.3. The van der Waals surface area contributed by atoms with Crippen LogP contribution in [0.2, 0.25) is 0 Å². The van der Waals surface area contributed by atoms with Crippen molar-refractivity contribution < 1.29 is 61.3 Å². The highest BCUT2D eigenvalue weighted by atomic mass is 16.4. The predicted octanol–water partition coefficient (Wildman–Crippen LogP) is -7.85. The average molecular weight is 462 g/mol. The van der Waals surface area contributed by atoms with Gasteiger partial charge < -0.3 is 71.9 Å². The molecule has 1 saturated carbocycles. The van der Waals surface area contributed by atoms with E-state index in [0.29, 0.717) is 0 Å². The monoisotopic (exact) mass is 462 g/mol. The molecule has 1 rings (SSSR count). The highest BCUT2D eigenvalue weighted by molar-refractivity contribution is 5.05. The average Bonchev–Trinajstić information content (AvgIpc) is 2.78. The predicted molar refractivity (Wildman–Crippen MR) is 105 cm³/mol. The molecule has 14 heteroatoms. The second-order valence-electron chi connectivity index (χ2n) is 7.58. The summed E-state index contributed by atoms with van der Waals surface area (Å²) in [6, 6.07) is -1.60. The topological polar surface area (TPSA) is 267 Å². The fourth-order valence-electron chi connectivity index (χ4n) is 3.04. The van der Waals surface area contributed by atoms with Crippen molar-refractivity contribution >= 4 is 0 Å². The Morgan fingerprint density at radius 2 is 1.35 bits per heavy atom. The van der Waals surface area contributed by atoms with Gasteiger partial charge in [-0.05, 0) is 13.5 Å². The Balaban J connectivity index is 0.000000615. The number of nitrogens with one attached hydrogen (secondary N) is 2. The molecule has 0 aliphatic heterocycles. The first-order valence-corrected chi connectivity index (χ1v) is 9.76. The molecule has 14 nitrogen and oxygen atoms in total. The third-order valence-corrected chi connectivity index (χ3v) is 5.11. The van der Waals surface area contributed by atoms with Crippen LogP contribution in [0.25, 0.3) is 0 Å². The van der Waals surface area contributed by atoms with Gasteiger partial charge in [-0.25, -0.2) is 0 Å². The number of aliphatic hydroxyl groups is 12. The lowest BCUT2D eigenvalue weighted by Gasteiger charge is -2.46. The highest BCUT2D eigenvalue weighted by Crippen LogP contribution is 2.29. The summed E-state index contributed by atoms with van der Waals surface area (Å²) in [5, 5.41) is 116.